The van der Waals surface area contributed by atoms with E-state index in [1.165, 1.54) is 7.05 Å². The van der Waals surface area contributed by atoms with E-state index in [9.17, 15) is 14.4 Å². The lowest BCUT2D eigenvalue weighted by Crippen LogP contribution is -2.28. The van der Waals surface area contributed by atoms with E-state index >= 15 is 0 Å². The first-order chi connectivity index (χ1) is 9.69. The van der Waals surface area contributed by atoms with Gasteiger partial charge >= 0.3 is 5.97 Å². The second-order valence-corrected chi connectivity index (χ2v) is 5.87. The summed E-state index contributed by atoms with van der Waals surface area (Å²) in [6, 6.07) is 4.81. The van der Waals surface area contributed by atoms with Gasteiger partial charge in [0.1, 0.15) is 12.1 Å². The second kappa shape index (κ2) is 5.20. The fraction of sp³-hybridized carbons (Fsp3) is 0.400. The smallest absolute Gasteiger partial charge is 0.325 e. The first-order valence-corrected chi connectivity index (χ1v) is 6.61. The van der Waals surface area contributed by atoms with Crippen LogP contribution in [0, 0.1) is 0 Å². The van der Waals surface area contributed by atoms with Crippen molar-refractivity contribution in [3.8, 4) is 0 Å². The van der Waals surface area contributed by atoms with Crippen molar-refractivity contribution in [3.05, 3.63) is 29.3 Å². The minimum absolute atomic E-state index is 0.00592. The number of carbonyl (C=O) groups is 3. The Morgan fingerprint density at radius 3 is 2.43 bits per heavy atom. The van der Waals surface area contributed by atoms with Gasteiger partial charge < -0.3 is 10.1 Å². The van der Waals surface area contributed by atoms with Crippen LogP contribution in [0.25, 0.3) is 0 Å². The quantitative estimate of drug-likeness (QED) is 0.677. The van der Waals surface area contributed by atoms with Gasteiger partial charge in [-0.2, -0.15) is 0 Å². The molecule has 0 unspecified atom stereocenters. The molecule has 112 valence electrons. The Balaban J connectivity index is 2.06. The van der Waals surface area contributed by atoms with Gasteiger partial charge in [-0.15, -0.1) is 0 Å². The zero-order chi connectivity index (χ0) is 15.8. The van der Waals surface area contributed by atoms with E-state index < -0.39 is 5.60 Å². The summed E-state index contributed by atoms with van der Waals surface area (Å²) in [5.41, 5.74) is 0.778. The molecule has 1 heterocycles. The molecule has 0 saturated carbocycles. The number of rotatable bonds is 3. The number of imide groups is 1. The highest BCUT2D eigenvalue weighted by molar-refractivity contribution is 6.21. The number of esters is 1. The maximum absolute atomic E-state index is 11.9. The number of ether oxygens (including phenoxy) is 1. The zero-order valence-corrected chi connectivity index (χ0v) is 12.5. The van der Waals surface area contributed by atoms with Crippen LogP contribution in [0.3, 0.4) is 0 Å². The van der Waals surface area contributed by atoms with Crippen LogP contribution >= 0.6 is 0 Å². The van der Waals surface area contributed by atoms with Crippen molar-refractivity contribution in [2.24, 2.45) is 0 Å². The number of amides is 2. The number of carbonyl (C=O) groups excluding carboxylic acids is 3. The lowest BCUT2D eigenvalue weighted by Gasteiger charge is -2.19. The Morgan fingerprint density at radius 2 is 1.81 bits per heavy atom. The Kier molecular flexibility index (Phi) is 3.72. The lowest BCUT2D eigenvalue weighted by atomic mass is 10.1. The first kappa shape index (κ1) is 15.0. The van der Waals surface area contributed by atoms with Crippen LogP contribution in [0.4, 0.5) is 5.69 Å². The SMILES string of the molecule is CN1C(=O)c2ccc(NCC(=O)OC(C)(C)C)cc2C1=O. The third-order valence-corrected chi connectivity index (χ3v) is 2.95. The largest absolute Gasteiger partial charge is 0.459 e. The maximum Gasteiger partial charge on any atom is 0.325 e. The topological polar surface area (TPSA) is 75.7 Å². The predicted octanol–water partition coefficient (Wildman–Crippen LogP) is 1.67. The molecule has 1 aromatic rings. The van der Waals surface area contributed by atoms with Crippen LogP contribution in [0.2, 0.25) is 0 Å². The van der Waals surface area contributed by atoms with Crippen molar-refractivity contribution in [2.45, 2.75) is 26.4 Å². The molecule has 0 aliphatic carbocycles. The van der Waals surface area contributed by atoms with Crippen LogP contribution in [0.5, 0.6) is 0 Å². The molecule has 0 radical (unpaired) electrons. The number of fused-ring (bicyclic) bond motifs is 1. The normalized spacial score (nSPS) is 14.2. The molecule has 0 atom stereocenters. The molecule has 1 aliphatic heterocycles. The van der Waals surface area contributed by atoms with Crippen LogP contribution in [-0.4, -0.2) is 41.9 Å². The number of anilines is 1. The molecule has 6 nitrogen and oxygen atoms in total. The monoisotopic (exact) mass is 290 g/mol. The summed E-state index contributed by atoms with van der Waals surface area (Å²) in [7, 11) is 1.44. The molecule has 2 amide bonds. The lowest BCUT2D eigenvalue weighted by molar-refractivity contribution is -0.152. The molecule has 2 rings (SSSR count). The minimum Gasteiger partial charge on any atom is -0.459 e. The van der Waals surface area contributed by atoms with Crippen molar-refractivity contribution in [3.63, 3.8) is 0 Å². The minimum atomic E-state index is -0.540. The van der Waals surface area contributed by atoms with Crippen molar-refractivity contribution in [2.75, 3.05) is 18.9 Å². The summed E-state index contributed by atoms with van der Waals surface area (Å²) in [6.45, 7) is 5.37. The highest BCUT2D eigenvalue weighted by Crippen LogP contribution is 2.24. The van der Waals surface area contributed by atoms with E-state index in [0.29, 0.717) is 16.8 Å². The molecule has 0 saturated heterocycles. The standard InChI is InChI=1S/C15H18N2O4/c1-15(2,3)21-12(18)8-16-9-5-6-10-11(7-9)14(20)17(4)13(10)19/h5-7,16H,8H2,1-4H3. The fourth-order valence-electron chi connectivity index (χ4n) is 2.02. The average molecular weight is 290 g/mol. The van der Waals surface area contributed by atoms with Crippen LogP contribution < -0.4 is 5.32 Å². The summed E-state index contributed by atoms with van der Waals surface area (Å²) in [5, 5.41) is 2.89. The van der Waals surface area contributed by atoms with Crippen molar-refractivity contribution in [1.82, 2.24) is 4.90 Å². The summed E-state index contributed by atoms with van der Waals surface area (Å²) in [4.78, 5) is 36.3. The number of hydrogen-bond acceptors (Lipinski definition) is 5. The fourth-order valence-corrected chi connectivity index (χ4v) is 2.02. The summed E-state index contributed by atoms with van der Waals surface area (Å²) in [6.07, 6.45) is 0. The summed E-state index contributed by atoms with van der Waals surface area (Å²) in [5.74, 6) is -1.04. The molecule has 6 heteroatoms. The van der Waals surface area contributed by atoms with Crippen molar-refractivity contribution in [1.29, 1.82) is 0 Å². The molecular weight excluding hydrogens is 272 g/mol. The highest BCUT2D eigenvalue weighted by Gasteiger charge is 2.32. The van der Waals surface area contributed by atoms with Crippen LogP contribution in [0.1, 0.15) is 41.5 Å². The van der Waals surface area contributed by atoms with E-state index in [1.54, 1.807) is 39.0 Å². The van der Waals surface area contributed by atoms with Crippen LogP contribution in [0.15, 0.2) is 18.2 Å². The molecule has 1 aromatic carbocycles. The van der Waals surface area contributed by atoms with Gasteiger partial charge in [0.25, 0.3) is 11.8 Å². The molecule has 0 fully saturated rings. The van der Waals surface area contributed by atoms with E-state index in [-0.39, 0.29) is 24.3 Å². The van der Waals surface area contributed by atoms with Gasteiger partial charge in [-0.1, -0.05) is 0 Å². The van der Waals surface area contributed by atoms with Gasteiger partial charge in [-0.25, -0.2) is 0 Å². The van der Waals surface area contributed by atoms with Gasteiger partial charge in [-0.3, -0.25) is 19.3 Å². The average Bonchev–Trinajstić information content (AvgIpc) is 2.60. The zero-order valence-electron chi connectivity index (χ0n) is 12.5. The number of benzene rings is 1. The van der Waals surface area contributed by atoms with E-state index in [1.807, 2.05) is 0 Å². The van der Waals surface area contributed by atoms with E-state index in [4.69, 9.17) is 4.74 Å². The molecule has 0 spiro atoms. The number of hydrogen-bond donors (Lipinski definition) is 1. The molecule has 1 N–H and O–H groups in total. The van der Waals surface area contributed by atoms with Gasteiger partial charge in [0.2, 0.25) is 0 Å². The molecule has 1 aliphatic rings. The number of nitrogens with one attached hydrogen (secondary N) is 1. The van der Waals surface area contributed by atoms with Crippen LogP contribution in [-0.2, 0) is 9.53 Å². The molecular formula is C15H18N2O4. The van der Waals surface area contributed by atoms with E-state index in [2.05, 4.69) is 5.32 Å². The Labute approximate surface area is 123 Å². The third kappa shape index (κ3) is 3.21. The second-order valence-electron chi connectivity index (χ2n) is 5.87. The first-order valence-electron chi connectivity index (χ1n) is 6.61. The Bertz CT molecular complexity index is 617. The highest BCUT2D eigenvalue weighted by atomic mass is 16.6. The van der Waals surface area contributed by atoms with Gasteiger partial charge in [0.05, 0.1) is 11.1 Å². The Hall–Kier alpha value is -2.37. The Morgan fingerprint density at radius 1 is 1.19 bits per heavy atom. The van der Waals surface area contributed by atoms with E-state index in [0.717, 1.165) is 4.90 Å². The van der Waals surface area contributed by atoms with Gasteiger partial charge in [0.15, 0.2) is 0 Å². The predicted molar refractivity (Wildman–Crippen MR) is 77.2 cm³/mol. The maximum atomic E-state index is 11.9. The summed E-state index contributed by atoms with van der Waals surface area (Å²) < 4.78 is 5.18. The molecule has 21 heavy (non-hydrogen) atoms. The van der Waals surface area contributed by atoms with Gasteiger partial charge in [-0.05, 0) is 39.0 Å². The summed E-state index contributed by atoms with van der Waals surface area (Å²) >= 11 is 0. The van der Waals surface area contributed by atoms with Crippen molar-refractivity contribution >= 4 is 23.5 Å². The number of nitrogens with zero attached hydrogens (tertiary/aromatic N) is 1. The third-order valence-electron chi connectivity index (χ3n) is 2.95. The van der Waals surface area contributed by atoms with Gasteiger partial charge in [0, 0.05) is 12.7 Å². The molecule has 0 aromatic heterocycles. The van der Waals surface area contributed by atoms with Crippen molar-refractivity contribution < 1.29 is 19.1 Å². The molecule has 0 bridgehead atoms.